The number of halogens is 1. The van der Waals surface area contributed by atoms with Crippen LogP contribution in [0, 0.1) is 15.9 Å². The minimum atomic E-state index is -0.723. The van der Waals surface area contributed by atoms with Crippen molar-refractivity contribution >= 4 is 12.0 Å². The maximum atomic E-state index is 13.2. The molecule has 0 aliphatic rings. The first-order valence-electron chi connectivity index (χ1n) is 3.95. The Labute approximate surface area is 79.5 Å². The summed E-state index contributed by atoms with van der Waals surface area (Å²) in [6.45, 7) is 1.53. The van der Waals surface area contributed by atoms with E-state index in [1.165, 1.54) is 19.1 Å². The minimum absolute atomic E-state index is 0.172. The quantitative estimate of drug-likeness (QED) is 0.423. The second-order valence-electron chi connectivity index (χ2n) is 2.89. The van der Waals surface area contributed by atoms with Gasteiger partial charge in [-0.2, -0.15) is 0 Å². The molecular formula is C9H8FNO3. The molecule has 0 bridgehead atoms. The van der Waals surface area contributed by atoms with Gasteiger partial charge in [0.05, 0.1) is 11.0 Å². The van der Waals surface area contributed by atoms with Gasteiger partial charge in [0, 0.05) is 12.0 Å². The largest absolute Gasteiger partial charge is 0.303 e. The minimum Gasteiger partial charge on any atom is -0.303 e. The fraction of sp³-hybridized carbons (Fsp3) is 0.222. The molecule has 0 saturated heterocycles. The lowest BCUT2D eigenvalue weighted by Gasteiger charge is -2.04. The molecule has 0 saturated carbocycles. The first-order valence-corrected chi connectivity index (χ1v) is 3.95. The van der Waals surface area contributed by atoms with Crippen LogP contribution in [0.5, 0.6) is 0 Å². The maximum Gasteiger partial charge on any atom is 0.272 e. The highest BCUT2D eigenvalue weighted by Gasteiger charge is 2.14. The third-order valence-electron chi connectivity index (χ3n) is 1.89. The Morgan fingerprint density at radius 1 is 1.57 bits per heavy atom. The number of aldehydes is 1. The summed E-state index contributed by atoms with van der Waals surface area (Å²) in [6, 6.07) is 3.25. The van der Waals surface area contributed by atoms with Gasteiger partial charge < -0.3 is 4.79 Å². The molecule has 14 heavy (non-hydrogen) atoms. The highest BCUT2D eigenvalue weighted by atomic mass is 19.1. The predicted octanol–water partition coefficient (Wildman–Crippen LogP) is 2.04. The van der Waals surface area contributed by atoms with Crippen molar-refractivity contribution in [3.05, 3.63) is 39.7 Å². The molecular weight excluding hydrogens is 189 g/mol. The lowest BCUT2D eigenvalue weighted by molar-refractivity contribution is -0.385. The van der Waals surface area contributed by atoms with E-state index >= 15 is 0 Å². The molecule has 0 aromatic heterocycles. The first-order chi connectivity index (χ1) is 6.56. The highest BCUT2D eigenvalue weighted by Crippen LogP contribution is 2.21. The molecule has 5 heteroatoms. The number of carbonyl (C=O) groups excluding carboxylic acids is 1. The highest BCUT2D eigenvalue weighted by molar-refractivity contribution is 5.62. The number of hydrogen-bond donors (Lipinski definition) is 0. The zero-order valence-corrected chi connectivity index (χ0v) is 7.44. The van der Waals surface area contributed by atoms with Crippen LogP contribution in [0.2, 0.25) is 0 Å². The van der Waals surface area contributed by atoms with Crippen molar-refractivity contribution < 1.29 is 14.1 Å². The second kappa shape index (κ2) is 3.95. The number of benzene rings is 1. The van der Waals surface area contributed by atoms with Crippen LogP contribution >= 0.6 is 0 Å². The van der Waals surface area contributed by atoms with Crippen LogP contribution in [0.3, 0.4) is 0 Å². The summed E-state index contributed by atoms with van der Waals surface area (Å²) < 4.78 is 13.2. The molecule has 0 radical (unpaired) electrons. The van der Waals surface area contributed by atoms with Crippen LogP contribution in [0.25, 0.3) is 0 Å². The van der Waals surface area contributed by atoms with Gasteiger partial charge in [-0.05, 0) is 11.6 Å². The number of rotatable bonds is 3. The smallest absolute Gasteiger partial charge is 0.272 e. The summed E-state index contributed by atoms with van der Waals surface area (Å²) in [4.78, 5) is 20.0. The molecule has 4 nitrogen and oxygen atoms in total. The summed E-state index contributed by atoms with van der Waals surface area (Å²) in [5.74, 6) is -1.31. The predicted molar refractivity (Wildman–Crippen MR) is 47.5 cm³/mol. The summed E-state index contributed by atoms with van der Waals surface area (Å²) >= 11 is 0. The van der Waals surface area contributed by atoms with Crippen molar-refractivity contribution in [2.75, 3.05) is 0 Å². The van der Waals surface area contributed by atoms with Crippen LogP contribution in [-0.4, -0.2) is 11.2 Å². The zero-order valence-electron chi connectivity index (χ0n) is 7.44. The number of nitrogens with zero attached hydrogens (tertiary/aromatic N) is 1. The molecule has 1 unspecified atom stereocenters. The van der Waals surface area contributed by atoms with Crippen molar-refractivity contribution in [3.63, 3.8) is 0 Å². The van der Waals surface area contributed by atoms with E-state index in [9.17, 15) is 19.3 Å². The van der Waals surface area contributed by atoms with Crippen molar-refractivity contribution in [1.29, 1.82) is 0 Å². The fourth-order valence-electron chi connectivity index (χ4n) is 1.07. The van der Waals surface area contributed by atoms with E-state index < -0.39 is 16.7 Å². The molecule has 0 N–H and O–H groups in total. The zero-order chi connectivity index (χ0) is 10.7. The second-order valence-corrected chi connectivity index (χ2v) is 2.89. The Bertz CT molecular complexity index is 378. The topological polar surface area (TPSA) is 60.2 Å². The molecule has 1 rings (SSSR count). The van der Waals surface area contributed by atoms with Gasteiger partial charge in [0.2, 0.25) is 0 Å². The van der Waals surface area contributed by atoms with Gasteiger partial charge in [0.15, 0.2) is 0 Å². The van der Waals surface area contributed by atoms with Gasteiger partial charge in [-0.25, -0.2) is 4.39 Å². The molecule has 0 spiro atoms. The standard InChI is InChI=1S/C9H8FNO3/c1-6(5-12)8-3-2-7(11(13)14)4-9(8)10/h2-6H,1H3. The first kappa shape index (κ1) is 10.3. The van der Waals surface area contributed by atoms with E-state index in [2.05, 4.69) is 0 Å². The Hall–Kier alpha value is -1.78. The van der Waals surface area contributed by atoms with E-state index in [0.717, 1.165) is 6.07 Å². The molecule has 1 aromatic rings. The lowest BCUT2D eigenvalue weighted by atomic mass is 10.0. The summed E-state index contributed by atoms with van der Waals surface area (Å²) in [5, 5.41) is 10.3. The number of hydrogen-bond acceptors (Lipinski definition) is 3. The van der Waals surface area contributed by atoms with E-state index in [1.54, 1.807) is 0 Å². The third-order valence-corrected chi connectivity index (χ3v) is 1.89. The summed E-state index contributed by atoms with van der Waals surface area (Å²) in [5.41, 5.74) is -0.144. The van der Waals surface area contributed by atoms with Gasteiger partial charge in [0.1, 0.15) is 12.1 Å². The molecule has 0 aliphatic heterocycles. The average Bonchev–Trinajstić information content (AvgIpc) is 2.16. The molecule has 0 fully saturated rings. The monoisotopic (exact) mass is 197 g/mol. The van der Waals surface area contributed by atoms with Crippen molar-refractivity contribution in [2.24, 2.45) is 0 Å². The Morgan fingerprint density at radius 3 is 2.64 bits per heavy atom. The van der Waals surface area contributed by atoms with E-state index in [0.29, 0.717) is 6.29 Å². The maximum absolute atomic E-state index is 13.2. The molecule has 1 aromatic carbocycles. The third kappa shape index (κ3) is 1.93. The van der Waals surface area contributed by atoms with E-state index in [4.69, 9.17) is 0 Å². The number of non-ortho nitro benzene ring substituents is 1. The van der Waals surface area contributed by atoms with Crippen molar-refractivity contribution in [2.45, 2.75) is 12.8 Å². The Balaban J connectivity index is 3.13. The SMILES string of the molecule is CC(C=O)c1ccc([N+](=O)[O-])cc1F. The number of nitro groups is 1. The van der Waals surface area contributed by atoms with Gasteiger partial charge in [-0.15, -0.1) is 0 Å². The molecule has 0 heterocycles. The summed E-state index contributed by atoms with van der Waals surface area (Å²) in [7, 11) is 0. The van der Waals surface area contributed by atoms with Crippen LogP contribution < -0.4 is 0 Å². The fourth-order valence-corrected chi connectivity index (χ4v) is 1.07. The van der Waals surface area contributed by atoms with Crippen LogP contribution in [0.15, 0.2) is 18.2 Å². The van der Waals surface area contributed by atoms with Gasteiger partial charge >= 0.3 is 0 Å². The van der Waals surface area contributed by atoms with Crippen LogP contribution in [0.1, 0.15) is 18.4 Å². The molecule has 0 aliphatic carbocycles. The normalized spacial score (nSPS) is 12.1. The molecule has 0 amide bonds. The number of carbonyl (C=O) groups is 1. The van der Waals surface area contributed by atoms with E-state index in [-0.39, 0.29) is 11.3 Å². The lowest BCUT2D eigenvalue weighted by Crippen LogP contribution is -1.99. The van der Waals surface area contributed by atoms with Gasteiger partial charge in [-0.1, -0.05) is 6.92 Å². The average molecular weight is 197 g/mol. The Morgan fingerprint density at radius 2 is 2.21 bits per heavy atom. The van der Waals surface area contributed by atoms with Gasteiger partial charge in [-0.3, -0.25) is 10.1 Å². The number of nitro benzene ring substituents is 1. The van der Waals surface area contributed by atoms with Crippen LogP contribution in [0.4, 0.5) is 10.1 Å². The van der Waals surface area contributed by atoms with Crippen molar-refractivity contribution in [1.82, 2.24) is 0 Å². The van der Waals surface area contributed by atoms with Crippen molar-refractivity contribution in [3.8, 4) is 0 Å². The molecule has 74 valence electrons. The van der Waals surface area contributed by atoms with Gasteiger partial charge in [0.25, 0.3) is 5.69 Å². The summed E-state index contributed by atoms with van der Waals surface area (Å²) in [6.07, 6.45) is 0.588. The van der Waals surface area contributed by atoms with E-state index in [1.807, 2.05) is 0 Å². The molecule has 1 atom stereocenters. The van der Waals surface area contributed by atoms with Crippen LogP contribution in [-0.2, 0) is 4.79 Å². The Kier molecular flexibility index (Phi) is 2.91.